The number of para-hydroxylation sites is 1. The summed E-state index contributed by atoms with van der Waals surface area (Å²) in [5, 5.41) is 6.53. The number of allylic oxidation sites excluding steroid dienone is 1. The minimum Gasteiger partial charge on any atom is -0.493 e. The summed E-state index contributed by atoms with van der Waals surface area (Å²) in [6, 6.07) is 8.38. The van der Waals surface area contributed by atoms with Crippen molar-refractivity contribution in [1.29, 1.82) is 0 Å². The Kier molecular flexibility index (Phi) is 2.44. The molecule has 0 bridgehead atoms. The molecule has 16 heavy (non-hydrogen) atoms. The van der Waals surface area contributed by atoms with E-state index in [0.29, 0.717) is 5.92 Å². The van der Waals surface area contributed by atoms with E-state index in [9.17, 15) is 0 Å². The SMILES string of the molecule is C1=C(CC2CCOc3ccccc32)NCN1. The van der Waals surface area contributed by atoms with E-state index in [1.54, 1.807) is 0 Å². The van der Waals surface area contributed by atoms with E-state index in [0.717, 1.165) is 31.9 Å². The average molecular weight is 216 g/mol. The smallest absolute Gasteiger partial charge is 0.122 e. The molecule has 1 atom stereocenters. The second-order valence-corrected chi connectivity index (χ2v) is 4.30. The molecule has 3 nitrogen and oxygen atoms in total. The van der Waals surface area contributed by atoms with E-state index in [2.05, 4.69) is 35.0 Å². The first-order valence-electron chi connectivity index (χ1n) is 5.81. The number of ether oxygens (including phenoxy) is 1. The van der Waals surface area contributed by atoms with Gasteiger partial charge in [0.05, 0.1) is 13.3 Å². The van der Waals surface area contributed by atoms with Crippen LogP contribution in [0.4, 0.5) is 0 Å². The maximum Gasteiger partial charge on any atom is 0.122 e. The molecule has 0 radical (unpaired) electrons. The highest BCUT2D eigenvalue weighted by atomic mass is 16.5. The van der Waals surface area contributed by atoms with Gasteiger partial charge in [0.25, 0.3) is 0 Å². The van der Waals surface area contributed by atoms with Crippen LogP contribution in [0.2, 0.25) is 0 Å². The van der Waals surface area contributed by atoms with Crippen LogP contribution in [0.25, 0.3) is 0 Å². The summed E-state index contributed by atoms with van der Waals surface area (Å²) >= 11 is 0. The van der Waals surface area contributed by atoms with Crippen LogP contribution in [0.5, 0.6) is 5.75 Å². The summed E-state index contributed by atoms with van der Waals surface area (Å²) in [6.07, 6.45) is 4.27. The van der Waals surface area contributed by atoms with E-state index in [4.69, 9.17) is 4.74 Å². The largest absolute Gasteiger partial charge is 0.493 e. The van der Waals surface area contributed by atoms with Gasteiger partial charge in [0.1, 0.15) is 5.75 Å². The molecule has 2 heterocycles. The lowest BCUT2D eigenvalue weighted by molar-refractivity contribution is 0.266. The molecule has 0 saturated carbocycles. The summed E-state index contributed by atoms with van der Waals surface area (Å²) < 4.78 is 5.66. The molecule has 1 unspecified atom stereocenters. The summed E-state index contributed by atoms with van der Waals surface area (Å²) in [7, 11) is 0. The Labute approximate surface area is 95.5 Å². The van der Waals surface area contributed by atoms with E-state index in [1.165, 1.54) is 11.3 Å². The van der Waals surface area contributed by atoms with Crippen LogP contribution in [0.3, 0.4) is 0 Å². The molecular formula is C13H16N2O. The maximum atomic E-state index is 5.66. The van der Waals surface area contributed by atoms with Crippen molar-refractivity contribution in [1.82, 2.24) is 10.6 Å². The number of fused-ring (bicyclic) bond motifs is 1. The van der Waals surface area contributed by atoms with Crippen LogP contribution < -0.4 is 15.4 Å². The Balaban J connectivity index is 1.81. The van der Waals surface area contributed by atoms with Crippen molar-refractivity contribution in [3.8, 4) is 5.75 Å². The predicted molar refractivity (Wildman–Crippen MR) is 63.1 cm³/mol. The molecule has 1 aromatic rings. The van der Waals surface area contributed by atoms with Gasteiger partial charge in [-0.25, -0.2) is 0 Å². The molecule has 0 aliphatic carbocycles. The average Bonchev–Trinajstić information content (AvgIpc) is 2.82. The third-order valence-electron chi connectivity index (χ3n) is 3.24. The lowest BCUT2D eigenvalue weighted by Crippen LogP contribution is -2.18. The Bertz CT molecular complexity index is 414. The summed E-state index contributed by atoms with van der Waals surface area (Å²) in [6.45, 7) is 1.70. The molecule has 2 aliphatic heterocycles. The van der Waals surface area contributed by atoms with Crippen molar-refractivity contribution in [2.45, 2.75) is 18.8 Å². The molecule has 0 spiro atoms. The molecule has 1 aromatic carbocycles. The van der Waals surface area contributed by atoms with Gasteiger partial charge in [0.15, 0.2) is 0 Å². The molecular weight excluding hydrogens is 200 g/mol. The highest BCUT2D eigenvalue weighted by molar-refractivity contribution is 5.38. The van der Waals surface area contributed by atoms with Gasteiger partial charge in [0, 0.05) is 11.9 Å². The van der Waals surface area contributed by atoms with Gasteiger partial charge in [-0.2, -0.15) is 0 Å². The minimum absolute atomic E-state index is 0.587. The molecule has 2 aliphatic rings. The van der Waals surface area contributed by atoms with Gasteiger partial charge >= 0.3 is 0 Å². The Morgan fingerprint density at radius 3 is 3.12 bits per heavy atom. The van der Waals surface area contributed by atoms with E-state index < -0.39 is 0 Å². The van der Waals surface area contributed by atoms with E-state index >= 15 is 0 Å². The van der Waals surface area contributed by atoms with Crippen LogP contribution in [0.15, 0.2) is 36.2 Å². The summed E-state index contributed by atoms with van der Waals surface area (Å²) in [4.78, 5) is 0. The Morgan fingerprint density at radius 2 is 2.25 bits per heavy atom. The quantitative estimate of drug-likeness (QED) is 0.792. The van der Waals surface area contributed by atoms with Crippen LogP contribution in [-0.2, 0) is 0 Å². The van der Waals surface area contributed by atoms with Gasteiger partial charge < -0.3 is 15.4 Å². The molecule has 2 N–H and O–H groups in total. The summed E-state index contributed by atoms with van der Waals surface area (Å²) in [5.41, 5.74) is 2.66. The topological polar surface area (TPSA) is 33.3 Å². The monoisotopic (exact) mass is 216 g/mol. The van der Waals surface area contributed by atoms with Gasteiger partial charge in [-0.1, -0.05) is 18.2 Å². The van der Waals surface area contributed by atoms with E-state index in [1.807, 2.05) is 6.07 Å². The van der Waals surface area contributed by atoms with E-state index in [-0.39, 0.29) is 0 Å². The standard InChI is InChI=1S/C13H16N2O/c1-2-4-13-12(3-1)10(5-6-16-13)7-11-8-14-9-15-11/h1-4,8,10,14-15H,5-7,9H2. The normalized spacial score (nSPS) is 22.5. The third-order valence-corrected chi connectivity index (χ3v) is 3.24. The predicted octanol–water partition coefficient (Wildman–Crippen LogP) is 1.93. The second kappa shape index (κ2) is 4.08. The number of nitrogens with one attached hydrogen (secondary N) is 2. The van der Waals surface area contributed by atoms with Crippen molar-refractivity contribution >= 4 is 0 Å². The number of rotatable bonds is 2. The Morgan fingerprint density at radius 1 is 1.31 bits per heavy atom. The number of hydrogen-bond donors (Lipinski definition) is 2. The first kappa shape index (κ1) is 9.58. The molecule has 0 fully saturated rings. The molecule has 0 saturated heterocycles. The van der Waals surface area contributed by atoms with Crippen molar-refractivity contribution in [3.05, 3.63) is 41.7 Å². The fourth-order valence-electron chi connectivity index (χ4n) is 2.41. The van der Waals surface area contributed by atoms with Crippen LogP contribution >= 0.6 is 0 Å². The van der Waals surface area contributed by atoms with Gasteiger partial charge in [-0.05, 0) is 30.4 Å². The van der Waals surface area contributed by atoms with Crippen LogP contribution in [0, 0.1) is 0 Å². The Hall–Kier alpha value is -1.64. The van der Waals surface area contributed by atoms with Crippen molar-refractivity contribution in [2.24, 2.45) is 0 Å². The second-order valence-electron chi connectivity index (χ2n) is 4.30. The first-order valence-corrected chi connectivity index (χ1v) is 5.81. The van der Waals surface area contributed by atoms with Crippen LogP contribution in [-0.4, -0.2) is 13.3 Å². The number of benzene rings is 1. The number of hydrogen-bond acceptors (Lipinski definition) is 3. The molecule has 3 rings (SSSR count). The molecule has 0 amide bonds. The lowest BCUT2D eigenvalue weighted by atomic mass is 9.89. The minimum atomic E-state index is 0.587. The lowest BCUT2D eigenvalue weighted by Gasteiger charge is -2.26. The zero-order valence-corrected chi connectivity index (χ0v) is 9.20. The highest BCUT2D eigenvalue weighted by Gasteiger charge is 2.22. The molecule has 0 aromatic heterocycles. The third kappa shape index (κ3) is 1.73. The van der Waals surface area contributed by atoms with Gasteiger partial charge in [0.2, 0.25) is 0 Å². The molecule has 3 heteroatoms. The molecule has 84 valence electrons. The first-order chi connectivity index (χ1) is 7.93. The maximum absolute atomic E-state index is 5.66. The van der Waals surface area contributed by atoms with Gasteiger partial charge in [-0.3, -0.25) is 0 Å². The van der Waals surface area contributed by atoms with Gasteiger partial charge in [-0.15, -0.1) is 0 Å². The zero-order valence-electron chi connectivity index (χ0n) is 9.20. The van der Waals surface area contributed by atoms with Crippen molar-refractivity contribution < 1.29 is 4.74 Å². The summed E-state index contributed by atoms with van der Waals surface area (Å²) in [5.74, 6) is 1.65. The highest BCUT2D eigenvalue weighted by Crippen LogP contribution is 2.36. The fourth-order valence-corrected chi connectivity index (χ4v) is 2.41. The van der Waals surface area contributed by atoms with Crippen LogP contribution in [0.1, 0.15) is 24.3 Å². The zero-order chi connectivity index (χ0) is 10.8. The van der Waals surface area contributed by atoms with Crippen molar-refractivity contribution in [3.63, 3.8) is 0 Å². The van der Waals surface area contributed by atoms with Crippen molar-refractivity contribution in [2.75, 3.05) is 13.3 Å². The fraction of sp³-hybridized carbons (Fsp3) is 0.385.